The molecule has 0 aliphatic carbocycles. The lowest BCUT2D eigenvalue weighted by molar-refractivity contribution is 0.664. The lowest BCUT2D eigenvalue weighted by atomic mass is 10.1. The van der Waals surface area contributed by atoms with E-state index in [-0.39, 0.29) is 0 Å². The summed E-state index contributed by atoms with van der Waals surface area (Å²) in [5, 5.41) is 0. The fraction of sp³-hybridized carbons (Fsp3) is 0.294. The molecule has 3 rings (SSSR count). The first-order chi connectivity index (χ1) is 10.3. The Labute approximate surface area is 124 Å². The second-order valence-corrected chi connectivity index (χ2v) is 5.25. The Bertz CT molecular complexity index is 745. The van der Waals surface area contributed by atoms with E-state index in [1.54, 1.807) is 0 Å². The van der Waals surface area contributed by atoms with Crippen LogP contribution in [0.3, 0.4) is 0 Å². The van der Waals surface area contributed by atoms with Crippen molar-refractivity contribution in [1.82, 2.24) is 14.5 Å². The van der Waals surface area contributed by atoms with Gasteiger partial charge >= 0.3 is 0 Å². The number of pyridine rings is 1. The number of aryl methyl sites for hydroxylation is 1. The van der Waals surface area contributed by atoms with E-state index < -0.39 is 0 Å². The van der Waals surface area contributed by atoms with Crippen molar-refractivity contribution >= 4 is 11.0 Å². The molecule has 0 aliphatic heterocycles. The van der Waals surface area contributed by atoms with Crippen molar-refractivity contribution in [3.63, 3.8) is 0 Å². The molecular weight excluding hydrogens is 260 g/mol. The van der Waals surface area contributed by atoms with Crippen molar-refractivity contribution < 1.29 is 0 Å². The van der Waals surface area contributed by atoms with Crippen LogP contribution in [0.1, 0.15) is 30.3 Å². The number of benzene rings is 1. The topological polar surface area (TPSA) is 56.7 Å². The van der Waals surface area contributed by atoms with Crippen LogP contribution in [0.5, 0.6) is 0 Å². The third-order valence-electron chi connectivity index (χ3n) is 3.63. The lowest BCUT2D eigenvalue weighted by Gasteiger charge is -2.08. The van der Waals surface area contributed by atoms with Crippen LogP contribution in [0, 0.1) is 0 Å². The highest BCUT2D eigenvalue weighted by atomic mass is 15.1. The Kier molecular flexibility index (Phi) is 3.97. The van der Waals surface area contributed by atoms with Crippen molar-refractivity contribution in [2.24, 2.45) is 5.73 Å². The molecule has 0 amide bonds. The van der Waals surface area contributed by atoms with Crippen molar-refractivity contribution in [1.29, 1.82) is 0 Å². The summed E-state index contributed by atoms with van der Waals surface area (Å²) in [6.45, 7) is 3.70. The van der Waals surface area contributed by atoms with Gasteiger partial charge in [0.05, 0.1) is 11.0 Å². The van der Waals surface area contributed by atoms with Gasteiger partial charge in [0.15, 0.2) is 0 Å². The summed E-state index contributed by atoms with van der Waals surface area (Å²) in [6, 6.07) is 10.4. The molecule has 21 heavy (non-hydrogen) atoms. The molecule has 0 spiro atoms. The molecule has 2 aromatic heterocycles. The third kappa shape index (κ3) is 2.81. The predicted molar refractivity (Wildman–Crippen MR) is 85.0 cm³/mol. The summed E-state index contributed by atoms with van der Waals surface area (Å²) in [5.41, 5.74) is 10.2. The number of aromatic nitrogens is 3. The number of nitrogens with two attached hydrogens (primary N) is 1. The molecule has 0 atom stereocenters. The van der Waals surface area contributed by atoms with Crippen LogP contribution in [0.25, 0.3) is 11.0 Å². The van der Waals surface area contributed by atoms with Gasteiger partial charge < -0.3 is 10.3 Å². The number of nitrogens with zero attached hydrogens (tertiary/aromatic N) is 3. The first-order valence-corrected chi connectivity index (χ1v) is 7.39. The van der Waals surface area contributed by atoms with Gasteiger partial charge in [0, 0.05) is 31.9 Å². The average Bonchev–Trinajstić information content (AvgIpc) is 2.86. The molecule has 1 aromatic carbocycles. The van der Waals surface area contributed by atoms with Gasteiger partial charge in [-0.1, -0.05) is 25.1 Å². The Morgan fingerprint density at radius 1 is 1.14 bits per heavy atom. The van der Waals surface area contributed by atoms with Crippen LogP contribution in [0.4, 0.5) is 0 Å². The Morgan fingerprint density at radius 3 is 2.76 bits per heavy atom. The highest BCUT2D eigenvalue weighted by Crippen LogP contribution is 2.19. The van der Waals surface area contributed by atoms with Crippen molar-refractivity contribution in [3.05, 3.63) is 59.7 Å². The standard InChI is InChI=1S/C17H20N4/c1-2-7-21-16-6-4-3-5-15(16)20-17(21)9-13-8-14(10-18)12-19-11-13/h3-6,8,11-12H,2,7,9-10,18H2,1H3. The molecule has 0 radical (unpaired) electrons. The van der Waals surface area contributed by atoms with Gasteiger partial charge in [-0.15, -0.1) is 0 Å². The van der Waals surface area contributed by atoms with E-state index in [9.17, 15) is 0 Å². The Morgan fingerprint density at radius 2 is 1.95 bits per heavy atom. The molecule has 4 heteroatoms. The SMILES string of the molecule is CCCn1c(Cc2cncc(CN)c2)nc2ccccc21. The quantitative estimate of drug-likeness (QED) is 0.782. The zero-order valence-electron chi connectivity index (χ0n) is 12.3. The summed E-state index contributed by atoms with van der Waals surface area (Å²) >= 11 is 0. The Hall–Kier alpha value is -2.20. The minimum absolute atomic E-state index is 0.520. The van der Waals surface area contributed by atoms with Crippen molar-refractivity contribution in [2.45, 2.75) is 32.9 Å². The number of fused-ring (bicyclic) bond motifs is 1. The number of para-hydroxylation sites is 2. The lowest BCUT2D eigenvalue weighted by Crippen LogP contribution is -2.05. The maximum absolute atomic E-state index is 5.69. The van der Waals surface area contributed by atoms with E-state index in [0.717, 1.165) is 41.9 Å². The normalized spacial score (nSPS) is 11.1. The predicted octanol–water partition coefficient (Wildman–Crippen LogP) is 2.89. The summed E-state index contributed by atoms with van der Waals surface area (Å²) in [4.78, 5) is 9.05. The zero-order chi connectivity index (χ0) is 14.7. The van der Waals surface area contributed by atoms with Crippen LogP contribution >= 0.6 is 0 Å². The molecule has 0 bridgehead atoms. The molecule has 0 unspecified atom stereocenters. The van der Waals surface area contributed by atoms with E-state index in [1.165, 1.54) is 5.52 Å². The molecular formula is C17H20N4. The monoisotopic (exact) mass is 280 g/mol. The maximum atomic E-state index is 5.69. The largest absolute Gasteiger partial charge is 0.328 e. The minimum Gasteiger partial charge on any atom is -0.328 e. The van der Waals surface area contributed by atoms with Gasteiger partial charge in [0.1, 0.15) is 5.82 Å². The molecule has 0 aliphatic rings. The van der Waals surface area contributed by atoms with E-state index in [1.807, 2.05) is 18.5 Å². The Balaban J connectivity index is 2.00. The fourth-order valence-corrected chi connectivity index (χ4v) is 2.67. The molecule has 0 saturated heterocycles. The fourth-order valence-electron chi connectivity index (χ4n) is 2.67. The van der Waals surface area contributed by atoms with Crippen LogP contribution in [0.15, 0.2) is 42.7 Å². The first kappa shape index (κ1) is 13.8. The average molecular weight is 280 g/mol. The summed E-state index contributed by atoms with van der Waals surface area (Å²) < 4.78 is 2.31. The van der Waals surface area contributed by atoms with Crippen LogP contribution in [0.2, 0.25) is 0 Å². The summed E-state index contributed by atoms with van der Waals surface area (Å²) in [6.07, 6.45) is 5.59. The molecule has 2 heterocycles. The van der Waals surface area contributed by atoms with Gasteiger partial charge in [-0.05, 0) is 29.7 Å². The highest BCUT2D eigenvalue weighted by Gasteiger charge is 2.10. The second kappa shape index (κ2) is 6.06. The summed E-state index contributed by atoms with van der Waals surface area (Å²) in [7, 11) is 0. The van der Waals surface area contributed by atoms with Gasteiger partial charge in [-0.25, -0.2) is 4.98 Å². The smallest absolute Gasteiger partial charge is 0.114 e. The van der Waals surface area contributed by atoms with E-state index in [4.69, 9.17) is 10.7 Å². The summed E-state index contributed by atoms with van der Waals surface area (Å²) in [5.74, 6) is 1.09. The molecule has 108 valence electrons. The van der Waals surface area contributed by atoms with Gasteiger partial charge in [-0.3, -0.25) is 4.98 Å². The number of hydrogen-bond donors (Lipinski definition) is 1. The minimum atomic E-state index is 0.520. The van der Waals surface area contributed by atoms with Gasteiger partial charge in [-0.2, -0.15) is 0 Å². The second-order valence-electron chi connectivity index (χ2n) is 5.25. The number of rotatable bonds is 5. The van der Waals surface area contributed by atoms with Crippen LogP contribution < -0.4 is 5.73 Å². The number of hydrogen-bond acceptors (Lipinski definition) is 3. The first-order valence-electron chi connectivity index (χ1n) is 7.39. The van der Waals surface area contributed by atoms with E-state index >= 15 is 0 Å². The van der Waals surface area contributed by atoms with E-state index in [2.05, 4.69) is 40.7 Å². The molecule has 0 saturated carbocycles. The molecule has 0 fully saturated rings. The highest BCUT2D eigenvalue weighted by molar-refractivity contribution is 5.76. The zero-order valence-corrected chi connectivity index (χ0v) is 12.3. The van der Waals surface area contributed by atoms with Gasteiger partial charge in [0.25, 0.3) is 0 Å². The van der Waals surface area contributed by atoms with Crippen molar-refractivity contribution in [3.8, 4) is 0 Å². The van der Waals surface area contributed by atoms with Crippen LogP contribution in [-0.4, -0.2) is 14.5 Å². The van der Waals surface area contributed by atoms with Gasteiger partial charge in [0.2, 0.25) is 0 Å². The number of imidazole rings is 1. The molecule has 4 nitrogen and oxygen atoms in total. The van der Waals surface area contributed by atoms with Crippen molar-refractivity contribution in [2.75, 3.05) is 0 Å². The third-order valence-corrected chi connectivity index (χ3v) is 3.63. The molecule has 3 aromatic rings. The molecule has 2 N–H and O–H groups in total. The van der Waals surface area contributed by atoms with E-state index in [0.29, 0.717) is 6.54 Å². The van der Waals surface area contributed by atoms with Crippen LogP contribution in [-0.2, 0) is 19.5 Å². The maximum Gasteiger partial charge on any atom is 0.114 e.